The highest BCUT2D eigenvalue weighted by atomic mass is 31.1. The van der Waals surface area contributed by atoms with Gasteiger partial charge in [-0.2, -0.15) is 5.10 Å². The highest BCUT2D eigenvalue weighted by molar-refractivity contribution is 7.38. The summed E-state index contributed by atoms with van der Waals surface area (Å²) in [6.45, 7) is 6.38. The molecule has 0 saturated carbocycles. The largest absolute Gasteiger partial charge is 0.388 e. The Kier molecular flexibility index (Phi) is 7.91. The summed E-state index contributed by atoms with van der Waals surface area (Å²) in [5.41, 5.74) is 3.93. The van der Waals surface area contributed by atoms with Gasteiger partial charge in [0.15, 0.2) is 5.15 Å². The van der Waals surface area contributed by atoms with Crippen LogP contribution in [-0.4, -0.2) is 47.4 Å². The Hall–Kier alpha value is -0.900. The Labute approximate surface area is 165 Å². The van der Waals surface area contributed by atoms with E-state index in [1.54, 1.807) is 12.3 Å². The molecule has 1 aromatic carbocycles. The van der Waals surface area contributed by atoms with Crippen LogP contribution in [0.1, 0.15) is 36.8 Å². The molecular weight excluding hydrogens is 381 g/mol. The maximum absolute atomic E-state index is 14.6. The van der Waals surface area contributed by atoms with Gasteiger partial charge in [0.1, 0.15) is 0 Å². The Bertz CT molecular complexity index is 746. The predicted molar refractivity (Wildman–Crippen MR) is 116 cm³/mol. The van der Waals surface area contributed by atoms with Gasteiger partial charge in [-0.15, -0.1) is 0 Å². The Morgan fingerprint density at radius 3 is 2.63 bits per heavy atom. The second-order valence-corrected chi connectivity index (χ2v) is 9.75. The molecule has 150 valence electrons. The molecule has 0 aliphatic carbocycles. The van der Waals surface area contributed by atoms with E-state index < -0.39 is 11.3 Å². The second-order valence-electron chi connectivity index (χ2n) is 7.40. The summed E-state index contributed by atoms with van der Waals surface area (Å²) in [6.07, 6.45) is 1.10. The molecule has 0 aliphatic rings. The van der Waals surface area contributed by atoms with Gasteiger partial charge in [0.25, 0.3) is 0 Å². The van der Waals surface area contributed by atoms with Gasteiger partial charge in [0.05, 0.1) is 18.0 Å². The van der Waals surface area contributed by atoms with Gasteiger partial charge >= 0.3 is 0 Å². The number of nitrogens with one attached hydrogen (secondary N) is 2. The van der Waals surface area contributed by atoms with E-state index in [1.165, 1.54) is 0 Å². The van der Waals surface area contributed by atoms with Gasteiger partial charge in [0, 0.05) is 25.2 Å². The number of aromatic amines is 1. The number of hydrogen-bond donors (Lipinski definition) is 3. The van der Waals surface area contributed by atoms with E-state index in [2.05, 4.69) is 38.9 Å². The number of likely N-dealkylation sites (N-methyl/N-ethyl adjacent to an activating group) is 2. The van der Waals surface area contributed by atoms with Crippen molar-refractivity contribution in [1.82, 2.24) is 20.4 Å². The normalized spacial score (nSPS) is 13.6. The van der Waals surface area contributed by atoms with E-state index in [0.717, 1.165) is 29.9 Å². The zero-order valence-corrected chi connectivity index (χ0v) is 18.8. The van der Waals surface area contributed by atoms with Crippen LogP contribution in [0.3, 0.4) is 0 Å². The van der Waals surface area contributed by atoms with Crippen LogP contribution in [-0.2, 0) is 11.7 Å². The van der Waals surface area contributed by atoms with Crippen molar-refractivity contribution in [2.45, 2.75) is 31.6 Å². The van der Waals surface area contributed by atoms with Crippen LogP contribution in [0.5, 0.6) is 0 Å². The number of halogens is 1. The summed E-state index contributed by atoms with van der Waals surface area (Å²) in [7, 11) is 8.37. The van der Waals surface area contributed by atoms with Crippen molar-refractivity contribution in [1.29, 1.82) is 0 Å². The topological polar surface area (TPSA) is 64.2 Å². The molecule has 3 N–H and O–H groups in total. The summed E-state index contributed by atoms with van der Waals surface area (Å²) in [6, 6.07) is 5.47. The zero-order chi connectivity index (χ0) is 20.2. The van der Waals surface area contributed by atoms with Crippen LogP contribution < -0.4 is 5.32 Å². The number of benzene rings is 1. The van der Waals surface area contributed by atoms with E-state index in [0.29, 0.717) is 17.7 Å². The lowest BCUT2D eigenvalue weighted by Gasteiger charge is -2.22. The van der Waals surface area contributed by atoms with Crippen LogP contribution >= 0.6 is 18.5 Å². The fraction of sp³-hybridized carbons (Fsp3) is 0.526. The van der Waals surface area contributed by atoms with Gasteiger partial charge in [0.2, 0.25) is 0 Å². The van der Waals surface area contributed by atoms with Crippen molar-refractivity contribution < 1.29 is 9.50 Å². The van der Waals surface area contributed by atoms with Crippen molar-refractivity contribution in [3.05, 3.63) is 41.2 Å². The molecule has 0 spiro atoms. The molecule has 8 heteroatoms. The smallest absolute Gasteiger partial charge is 0.160 e. The summed E-state index contributed by atoms with van der Waals surface area (Å²) in [5.74, 6) is 0.0348. The highest BCUT2D eigenvalue weighted by Gasteiger charge is 2.24. The summed E-state index contributed by atoms with van der Waals surface area (Å²) < 4.78 is 14.6. The van der Waals surface area contributed by atoms with Gasteiger partial charge in [-0.25, -0.2) is 4.39 Å². The first kappa shape index (κ1) is 22.4. The first-order chi connectivity index (χ1) is 12.6. The molecule has 1 heterocycles. The Morgan fingerprint density at radius 1 is 1.33 bits per heavy atom. The molecule has 0 bridgehead atoms. The van der Waals surface area contributed by atoms with Crippen molar-refractivity contribution in [3.63, 3.8) is 0 Å². The number of aliphatic hydroxyl groups is 1. The molecular formula is C19H31FN4OP2. The maximum atomic E-state index is 14.6. The summed E-state index contributed by atoms with van der Waals surface area (Å²) in [5, 5.41) is 19.3. The third-order valence-corrected chi connectivity index (χ3v) is 5.24. The SMILES string of the molecule is CNCCN(C)Cc1[nH]ncc1-c1cc(C(O)C(C)C)cc(C(F)(P)P)c1. The average molecular weight is 412 g/mol. The third kappa shape index (κ3) is 6.04. The minimum Gasteiger partial charge on any atom is -0.388 e. The number of aromatic nitrogens is 2. The molecule has 3 unspecified atom stereocenters. The van der Waals surface area contributed by atoms with E-state index in [1.807, 2.05) is 40.1 Å². The van der Waals surface area contributed by atoms with Gasteiger partial charge in [-0.1, -0.05) is 32.3 Å². The van der Waals surface area contributed by atoms with Gasteiger partial charge in [-0.05, 0) is 54.9 Å². The minimum absolute atomic E-state index is 0.0348. The molecule has 0 radical (unpaired) electrons. The monoisotopic (exact) mass is 412 g/mol. The molecule has 0 aliphatic heterocycles. The molecule has 27 heavy (non-hydrogen) atoms. The fourth-order valence-electron chi connectivity index (χ4n) is 2.92. The quantitative estimate of drug-likeness (QED) is 0.554. The summed E-state index contributed by atoms with van der Waals surface area (Å²) >= 11 is 0. The maximum Gasteiger partial charge on any atom is 0.160 e. The van der Waals surface area contributed by atoms with Crippen LogP contribution in [0.4, 0.5) is 4.39 Å². The molecule has 5 nitrogen and oxygen atoms in total. The van der Waals surface area contributed by atoms with Crippen LogP contribution in [0.15, 0.2) is 24.4 Å². The molecule has 2 rings (SSSR count). The molecule has 2 aromatic rings. The number of aliphatic hydroxyl groups excluding tert-OH is 1. The number of rotatable bonds is 9. The highest BCUT2D eigenvalue weighted by Crippen LogP contribution is 2.43. The van der Waals surface area contributed by atoms with Crippen LogP contribution in [0, 0.1) is 5.92 Å². The van der Waals surface area contributed by atoms with E-state index in [9.17, 15) is 9.50 Å². The first-order valence-electron chi connectivity index (χ1n) is 9.09. The van der Waals surface area contributed by atoms with Gasteiger partial charge < -0.3 is 10.4 Å². The predicted octanol–water partition coefficient (Wildman–Crippen LogP) is 3.25. The number of hydrogen-bond acceptors (Lipinski definition) is 4. The Balaban J connectivity index is 2.43. The molecule has 0 amide bonds. The first-order valence-corrected chi connectivity index (χ1v) is 10.2. The minimum atomic E-state index is -1.66. The van der Waals surface area contributed by atoms with Crippen molar-refractivity contribution in [2.24, 2.45) is 5.92 Å². The van der Waals surface area contributed by atoms with Crippen molar-refractivity contribution in [3.8, 4) is 11.1 Å². The standard InChI is InChI=1S/C19H31FN4OP2/c1-12(2)18(25)14-7-13(8-15(9-14)19(20,26)27)16-10-22-23-17(16)11-24(4)6-5-21-3/h7-10,12,18,21,25H,5-6,11,26-27H2,1-4H3,(H,22,23). The number of H-pyrrole nitrogens is 1. The second kappa shape index (κ2) is 9.54. The Morgan fingerprint density at radius 2 is 2.04 bits per heavy atom. The van der Waals surface area contributed by atoms with E-state index in [4.69, 9.17) is 0 Å². The van der Waals surface area contributed by atoms with Crippen molar-refractivity contribution >= 4 is 18.5 Å². The van der Waals surface area contributed by atoms with E-state index >= 15 is 0 Å². The molecule has 0 fully saturated rings. The van der Waals surface area contributed by atoms with E-state index in [-0.39, 0.29) is 5.92 Å². The lowest BCUT2D eigenvalue weighted by Crippen LogP contribution is -2.27. The fourth-order valence-corrected chi connectivity index (χ4v) is 3.25. The summed E-state index contributed by atoms with van der Waals surface area (Å²) in [4.78, 5) is 2.19. The molecule has 0 saturated heterocycles. The lowest BCUT2D eigenvalue weighted by molar-refractivity contribution is 0.127. The lowest BCUT2D eigenvalue weighted by atomic mass is 9.93. The number of alkyl halides is 1. The molecule has 3 atom stereocenters. The van der Waals surface area contributed by atoms with Gasteiger partial charge in [-0.3, -0.25) is 10.00 Å². The third-order valence-electron chi connectivity index (χ3n) is 4.57. The van der Waals surface area contributed by atoms with Crippen LogP contribution in [0.2, 0.25) is 0 Å². The average Bonchev–Trinajstić information content (AvgIpc) is 3.06. The van der Waals surface area contributed by atoms with Crippen molar-refractivity contribution in [2.75, 3.05) is 27.2 Å². The zero-order valence-electron chi connectivity index (χ0n) is 16.5. The number of nitrogens with zero attached hydrogens (tertiary/aromatic N) is 2. The molecule has 1 aromatic heterocycles. The van der Waals surface area contributed by atoms with Crippen LogP contribution in [0.25, 0.3) is 11.1 Å².